The second-order valence-electron chi connectivity index (χ2n) is 5.95. The van der Waals surface area contributed by atoms with Crippen LogP contribution in [-0.4, -0.2) is 60.1 Å². The predicted octanol–water partition coefficient (Wildman–Crippen LogP) is 0.0503. The molecule has 2 unspecified atom stereocenters. The van der Waals surface area contributed by atoms with Gasteiger partial charge in [-0.05, 0) is 5.92 Å². The van der Waals surface area contributed by atoms with Gasteiger partial charge in [0, 0.05) is 6.04 Å². The number of carboxylic acid groups (broad SMARTS) is 1. The molecule has 0 spiro atoms. The SMILES string of the molecule is CC(C)NCC(=O)OC(C(=O)NC(CC(=O)O)C(=O)CF)C(C)C. The first-order chi connectivity index (χ1) is 11.1. The Kier molecular flexibility index (Phi) is 9.79. The Morgan fingerprint density at radius 1 is 1.12 bits per heavy atom. The zero-order chi connectivity index (χ0) is 18.9. The number of esters is 1. The van der Waals surface area contributed by atoms with E-state index in [0.29, 0.717) is 0 Å². The fourth-order valence-corrected chi connectivity index (χ4v) is 1.73. The molecule has 0 heterocycles. The molecule has 9 heteroatoms. The van der Waals surface area contributed by atoms with Crippen LogP contribution in [0.5, 0.6) is 0 Å². The number of aliphatic carboxylic acids is 1. The topological polar surface area (TPSA) is 122 Å². The van der Waals surface area contributed by atoms with Crippen molar-refractivity contribution in [1.29, 1.82) is 0 Å². The minimum atomic E-state index is -1.51. The maximum Gasteiger partial charge on any atom is 0.320 e. The van der Waals surface area contributed by atoms with E-state index in [1.165, 1.54) is 0 Å². The Balaban J connectivity index is 4.90. The highest BCUT2D eigenvalue weighted by Crippen LogP contribution is 2.09. The van der Waals surface area contributed by atoms with Gasteiger partial charge in [-0.15, -0.1) is 0 Å². The fraction of sp³-hybridized carbons (Fsp3) is 0.733. The molecule has 0 saturated heterocycles. The molecule has 0 aliphatic carbocycles. The summed E-state index contributed by atoms with van der Waals surface area (Å²) in [5, 5.41) is 13.7. The highest BCUT2D eigenvalue weighted by molar-refractivity contribution is 5.94. The summed E-state index contributed by atoms with van der Waals surface area (Å²) >= 11 is 0. The predicted molar refractivity (Wildman–Crippen MR) is 83.0 cm³/mol. The number of Topliss-reactive ketones (excluding diaryl/α,β-unsaturated/α-hetero) is 1. The largest absolute Gasteiger partial charge is 0.481 e. The van der Waals surface area contributed by atoms with Crippen molar-refractivity contribution in [2.45, 2.75) is 52.3 Å². The number of carboxylic acids is 1. The second kappa shape index (κ2) is 10.7. The molecule has 0 aliphatic heterocycles. The molecule has 0 aromatic carbocycles. The Bertz CT molecular complexity index is 467. The van der Waals surface area contributed by atoms with Crippen molar-refractivity contribution in [2.24, 2.45) is 5.92 Å². The van der Waals surface area contributed by atoms with E-state index in [-0.39, 0.29) is 12.6 Å². The van der Waals surface area contributed by atoms with Gasteiger partial charge in [-0.2, -0.15) is 0 Å². The average Bonchev–Trinajstić information content (AvgIpc) is 2.48. The summed E-state index contributed by atoms with van der Waals surface area (Å²) in [5.74, 6) is -4.33. The number of ether oxygens (including phenoxy) is 1. The zero-order valence-corrected chi connectivity index (χ0v) is 14.3. The van der Waals surface area contributed by atoms with Gasteiger partial charge in [-0.25, -0.2) is 4.39 Å². The summed E-state index contributed by atoms with van der Waals surface area (Å²) in [4.78, 5) is 46.1. The van der Waals surface area contributed by atoms with E-state index in [1.54, 1.807) is 13.8 Å². The van der Waals surface area contributed by atoms with Crippen molar-refractivity contribution in [3.05, 3.63) is 0 Å². The Hall–Kier alpha value is -2.03. The Labute approximate surface area is 140 Å². The van der Waals surface area contributed by atoms with E-state index in [2.05, 4.69) is 10.6 Å². The van der Waals surface area contributed by atoms with Crippen LogP contribution in [0.3, 0.4) is 0 Å². The molecule has 0 saturated carbocycles. The highest BCUT2D eigenvalue weighted by atomic mass is 19.1. The first-order valence-corrected chi connectivity index (χ1v) is 7.62. The maximum atomic E-state index is 12.5. The molecule has 0 aliphatic rings. The molecule has 138 valence electrons. The van der Waals surface area contributed by atoms with Crippen LogP contribution in [0, 0.1) is 5.92 Å². The molecule has 24 heavy (non-hydrogen) atoms. The number of ketones is 1. The van der Waals surface area contributed by atoms with Gasteiger partial charge in [-0.3, -0.25) is 19.2 Å². The van der Waals surface area contributed by atoms with Crippen LogP contribution < -0.4 is 10.6 Å². The van der Waals surface area contributed by atoms with Crippen molar-refractivity contribution >= 4 is 23.6 Å². The molecule has 2 atom stereocenters. The number of hydrogen-bond acceptors (Lipinski definition) is 6. The lowest BCUT2D eigenvalue weighted by molar-refractivity contribution is -0.158. The van der Waals surface area contributed by atoms with Crippen molar-refractivity contribution in [3.63, 3.8) is 0 Å². The molecular weight excluding hydrogens is 323 g/mol. The van der Waals surface area contributed by atoms with E-state index < -0.39 is 54.8 Å². The van der Waals surface area contributed by atoms with E-state index >= 15 is 0 Å². The van der Waals surface area contributed by atoms with E-state index in [4.69, 9.17) is 9.84 Å². The lowest BCUT2D eigenvalue weighted by Crippen LogP contribution is -2.50. The van der Waals surface area contributed by atoms with Gasteiger partial charge in [0.1, 0.15) is 12.7 Å². The minimum absolute atomic E-state index is 0.0472. The number of nitrogens with one attached hydrogen (secondary N) is 2. The monoisotopic (exact) mass is 348 g/mol. The normalized spacial score (nSPS) is 13.5. The van der Waals surface area contributed by atoms with Crippen LogP contribution in [0.2, 0.25) is 0 Å². The second-order valence-corrected chi connectivity index (χ2v) is 5.95. The lowest BCUT2D eigenvalue weighted by atomic mass is 10.0. The molecule has 0 radical (unpaired) electrons. The zero-order valence-electron chi connectivity index (χ0n) is 14.3. The van der Waals surface area contributed by atoms with Gasteiger partial charge in [-0.1, -0.05) is 27.7 Å². The Morgan fingerprint density at radius 2 is 1.71 bits per heavy atom. The van der Waals surface area contributed by atoms with E-state index in [9.17, 15) is 23.6 Å². The standard InChI is InChI=1S/C15H25FN2O6/c1-8(2)14(24-13(22)7-17-9(3)4)15(23)18-10(5-12(20)21)11(19)6-16/h8-10,14,17H,5-7H2,1-4H3,(H,18,23)(H,20,21). The van der Waals surface area contributed by atoms with Crippen LogP contribution in [0.1, 0.15) is 34.1 Å². The van der Waals surface area contributed by atoms with Crippen molar-refractivity contribution in [2.75, 3.05) is 13.2 Å². The van der Waals surface area contributed by atoms with Gasteiger partial charge in [0.05, 0.1) is 13.0 Å². The van der Waals surface area contributed by atoms with Crippen molar-refractivity contribution in [1.82, 2.24) is 10.6 Å². The van der Waals surface area contributed by atoms with Gasteiger partial charge in [0.2, 0.25) is 0 Å². The first kappa shape index (κ1) is 22.0. The van der Waals surface area contributed by atoms with Gasteiger partial charge in [0.15, 0.2) is 11.9 Å². The summed E-state index contributed by atoms with van der Waals surface area (Å²) in [7, 11) is 0. The molecular formula is C15H25FN2O6. The summed E-state index contributed by atoms with van der Waals surface area (Å²) < 4.78 is 17.6. The third kappa shape index (κ3) is 8.56. The smallest absolute Gasteiger partial charge is 0.320 e. The number of alkyl halides is 1. The van der Waals surface area contributed by atoms with Gasteiger partial charge < -0.3 is 20.5 Å². The maximum absolute atomic E-state index is 12.5. The highest BCUT2D eigenvalue weighted by Gasteiger charge is 2.31. The summed E-state index contributed by atoms with van der Waals surface area (Å²) in [6.45, 7) is 5.41. The fourth-order valence-electron chi connectivity index (χ4n) is 1.73. The van der Waals surface area contributed by atoms with Crippen LogP contribution in [0.25, 0.3) is 0 Å². The van der Waals surface area contributed by atoms with Crippen molar-refractivity contribution in [3.8, 4) is 0 Å². The van der Waals surface area contributed by atoms with Crippen LogP contribution in [0.4, 0.5) is 4.39 Å². The molecule has 0 fully saturated rings. The van der Waals surface area contributed by atoms with Crippen molar-refractivity contribution < 1.29 is 33.4 Å². The van der Waals surface area contributed by atoms with Crippen LogP contribution in [-0.2, 0) is 23.9 Å². The van der Waals surface area contributed by atoms with Crippen LogP contribution in [0.15, 0.2) is 0 Å². The quantitative estimate of drug-likeness (QED) is 0.451. The summed E-state index contributed by atoms with van der Waals surface area (Å²) in [5.41, 5.74) is 0. The number of carbonyl (C=O) groups is 4. The molecule has 0 bridgehead atoms. The Morgan fingerprint density at radius 3 is 2.12 bits per heavy atom. The molecule has 0 aromatic heterocycles. The summed E-state index contributed by atoms with van der Waals surface area (Å²) in [6, 6.07) is -1.46. The third-order valence-electron chi connectivity index (χ3n) is 2.99. The number of halogens is 1. The first-order valence-electron chi connectivity index (χ1n) is 7.62. The molecule has 0 aromatic rings. The number of carbonyl (C=O) groups excluding carboxylic acids is 3. The molecule has 0 rings (SSSR count). The lowest BCUT2D eigenvalue weighted by Gasteiger charge is -2.23. The third-order valence-corrected chi connectivity index (χ3v) is 2.99. The number of rotatable bonds is 11. The van der Waals surface area contributed by atoms with Gasteiger partial charge in [0.25, 0.3) is 5.91 Å². The molecule has 3 N–H and O–H groups in total. The molecule has 8 nitrogen and oxygen atoms in total. The number of hydrogen-bond donors (Lipinski definition) is 3. The molecule has 1 amide bonds. The minimum Gasteiger partial charge on any atom is -0.481 e. The van der Waals surface area contributed by atoms with Gasteiger partial charge >= 0.3 is 11.9 Å². The average molecular weight is 348 g/mol. The summed E-state index contributed by atoms with van der Waals surface area (Å²) in [6.07, 6.45) is -1.96. The van der Waals surface area contributed by atoms with E-state index in [0.717, 1.165) is 0 Å². The number of amides is 1. The van der Waals surface area contributed by atoms with E-state index in [1.807, 2.05) is 13.8 Å². The van der Waals surface area contributed by atoms with Crippen LogP contribution >= 0.6 is 0 Å².